The zero-order chi connectivity index (χ0) is 24.4. The lowest BCUT2D eigenvalue weighted by Crippen LogP contribution is -2.22. The van der Waals surface area contributed by atoms with Crippen molar-refractivity contribution in [2.75, 3.05) is 25.8 Å². The van der Waals surface area contributed by atoms with Crippen molar-refractivity contribution >= 4 is 45.7 Å². The van der Waals surface area contributed by atoms with Crippen LogP contribution in [-0.4, -0.2) is 31.2 Å². The summed E-state index contributed by atoms with van der Waals surface area (Å²) in [7, 11) is 3.13. The van der Waals surface area contributed by atoms with Crippen LogP contribution >= 0.6 is 23.4 Å². The van der Waals surface area contributed by atoms with E-state index in [-0.39, 0.29) is 11.6 Å². The van der Waals surface area contributed by atoms with Crippen LogP contribution in [0.15, 0.2) is 59.6 Å². The predicted octanol–water partition coefficient (Wildman–Crippen LogP) is 7.04. The molecule has 1 aromatic heterocycles. The molecule has 5 nitrogen and oxygen atoms in total. The van der Waals surface area contributed by atoms with Gasteiger partial charge in [-0.15, -0.1) is 11.8 Å². The van der Waals surface area contributed by atoms with Crippen molar-refractivity contribution in [3.05, 3.63) is 82.3 Å². The average molecular weight is 499 g/mol. The predicted molar refractivity (Wildman–Crippen MR) is 136 cm³/mol. The second kappa shape index (κ2) is 9.99. The summed E-state index contributed by atoms with van der Waals surface area (Å²) in [4.78, 5) is 18.0. The van der Waals surface area contributed by atoms with Gasteiger partial charge in [0.15, 0.2) is 5.78 Å². The van der Waals surface area contributed by atoms with Gasteiger partial charge in [-0.25, -0.2) is 4.39 Å². The first-order valence-electron chi connectivity index (χ1n) is 10.5. The fourth-order valence-corrected chi connectivity index (χ4v) is 4.58. The molecule has 4 aromatic rings. The Labute approximate surface area is 206 Å². The quantitative estimate of drug-likeness (QED) is 0.201. The third-order valence-electron chi connectivity index (χ3n) is 5.75. The Hall–Kier alpha value is -3.16. The van der Waals surface area contributed by atoms with E-state index >= 15 is 0 Å². The van der Waals surface area contributed by atoms with Crippen molar-refractivity contribution in [1.82, 2.24) is 4.98 Å². The maximum atomic E-state index is 14.1. The summed E-state index contributed by atoms with van der Waals surface area (Å²) in [5.74, 6) is 0.616. The SMILES string of the molecule is COc1cc(NC(C(=O)c2c[nH]c3c(C)c(F)ccc23)c2ccc(Cl)cc2OC)cc(SC)c1. The van der Waals surface area contributed by atoms with Crippen LogP contribution in [0.25, 0.3) is 10.9 Å². The Morgan fingerprint density at radius 1 is 1.12 bits per heavy atom. The summed E-state index contributed by atoms with van der Waals surface area (Å²) in [6.07, 6.45) is 3.59. The Kier molecular flexibility index (Phi) is 7.05. The number of fused-ring (bicyclic) bond motifs is 1. The highest BCUT2D eigenvalue weighted by Gasteiger charge is 2.28. The molecule has 0 bridgehead atoms. The van der Waals surface area contributed by atoms with E-state index in [2.05, 4.69) is 10.3 Å². The Balaban J connectivity index is 1.85. The highest BCUT2D eigenvalue weighted by molar-refractivity contribution is 7.98. The number of aromatic amines is 1. The summed E-state index contributed by atoms with van der Waals surface area (Å²) >= 11 is 7.75. The van der Waals surface area contributed by atoms with Crippen molar-refractivity contribution < 1.29 is 18.7 Å². The molecule has 0 saturated carbocycles. The molecule has 34 heavy (non-hydrogen) atoms. The number of halogens is 2. The van der Waals surface area contributed by atoms with Crippen LogP contribution in [0.4, 0.5) is 10.1 Å². The number of rotatable bonds is 8. The first-order chi connectivity index (χ1) is 16.4. The Morgan fingerprint density at radius 2 is 1.91 bits per heavy atom. The number of ether oxygens (including phenoxy) is 2. The Bertz CT molecular complexity index is 1350. The number of anilines is 1. The number of thioether (sulfide) groups is 1. The van der Waals surface area contributed by atoms with Crippen molar-refractivity contribution in [2.24, 2.45) is 0 Å². The summed E-state index contributed by atoms with van der Waals surface area (Å²) in [6, 6.07) is 13.1. The van der Waals surface area contributed by atoms with Gasteiger partial charge in [0.1, 0.15) is 23.4 Å². The molecule has 1 unspecified atom stereocenters. The minimum absolute atomic E-state index is 0.202. The summed E-state index contributed by atoms with van der Waals surface area (Å²) in [5, 5.41) is 4.51. The van der Waals surface area contributed by atoms with Gasteiger partial charge in [0.25, 0.3) is 0 Å². The molecule has 2 N–H and O–H groups in total. The van der Waals surface area contributed by atoms with Gasteiger partial charge in [0, 0.05) is 49.9 Å². The number of hydrogen-bond donors (Lipinski definition) is 2. The molecule has 4 rings (SSSR count). The van der Waals surface area contributed by atoms with Gasteiger partial charge in [0.2, 0.25) is 0 Å². The standard InChI is InChI=1S/C26H24ClFN2O3S/c1-14-22(28)8-7-19-21(13-29-24(14)19)26(31)25(20-6-5-15(27)9-23(20)33-3)30-16-10-17(32-2)12-18(11-16)34-4/h5-13,25,29-30H,1-4H3. The smallest absolute Gasteiger partial charge is 0.191 e. The molecule has 1 atom stereocenters. The van der Waals surface area contributed by atoms with Crippen LogP contribution in [0.3, 0.4) is 0 Å². The van der Waals surface area contributed by atoms with E-state index < -0.39 is 6.04 Å². The molecule has 0 amide bonds. The summed E-state index contributed by atoms with van der Waals surface area (Å²) in [6.45, 7) is 1.68. The van der Waals surface area contributed by atoms with E-state index in [4.69, 9.17) is 21.1 Å². The number of Topliss-reactive ketones (excluding diaryl/α,β-unsaturated/α-hetero) is 1. The number of carbonyl (C=O) groups is 1. The van der Waals surface area contributed by atoms with Crippen LogP contribution in [-0.2, 0) is 0 Å². The van der Waals surface area contributed by atoms with Crippen LogP contribution in [0.5, 0.6) is 11.5 Å². The van der Waals surface area contributed by atoms with E-state index in [9.17, 15) is 9.18 Å². The van der Waals surface area contributed by atoms with Gasteiger partial charge in [0.05, 0.1) is 19.7 Å². The number of methoxy groups -OCH3 is 2. The zero-order valence-electron chi connectivity index (χ0n) is 19.2. The minimum Gasteiger partial charge on any atom is -0.497 e. The molecule has 0 radical (unpaired) electrons. The van der Waals surface area contributed by atoms with E-state index in [1.54, 1.807) is 56.3 Å². The number of benzene rings is 3. The highest BCUT2D eigenvalue weighted by Crippen LogP contribution is 2.36. The summed E-state index contributed by atoms with van der Waals surface area (Å²) in [5.41, 5.74) is 2.83. The zero-order valence-corrected chi connectivity index (χ0v) is 20.7. The molecule has 8 heteroatoms. The van der Waals surface area contributed by atoms with Gasteiger partial charge in [-0.05, 0) is 49.6 Å². The number of carbonyl (C=O) groups excluding carboxylic acids is 1. The van der Waals surface area contributed by atoms with Crippen LogP contribution in [0, 0.1) is 12.7 Å². The van der Waals surface area contributed by atoms with E-state index in [0.717, 1.165) is 4.90 Å². The lowest BCUT2D eigenvalue weighted by atomic mass is 9.95. The number of hydrogen-bond acceptors (Lipinski definition) is 5. The second-order valence-electron chi connectivity index (χ2n) is 7.73. The molecule has 0 saturated heterocycles. The van der Waals surface area contributed by atoms with Gasteiger partial charge in [-0.1, -0.05) is 17.7 Å². The van der Waals surface area contributed by atoms with Crippen LogP contribution in [0.1, 0.15) is 27.5 Å². The lowest BCUT2D eigenvalue weighted by molar-refractivity contribution is 0.0970. The molecule has 0 aliphatic carbocycles. The van der Waals surface area contributed by atoms with Gasteiger partial charge >= 0.3 is 0 Å². The number of H-pyrrole nitrogens is 1. The van der Waals surface area contributed by atoms with E-state index in [0.29, 0.717) is 49.8 Å². The maximum Gasteiger partial charge on any atom is 0.191 e. The molecule has 176 valence electrons. The van der Waals surface area contributed by atoms with Gasteiger partial charge in [-0.2, -0.15) is 0 Å². The van der Waals surface area contributed by atoms with Gasteiger partial charge in [-0.3, -0.25) is 4.79 Å². The Morgan fingerprint density at radius 3 is 2.62 bits per heavy atom. The highest BCUT2D eigenvalue weighted by atomic mass is 35.5. The van der Waals surface area contributed by atoms with Crippen molar-refractivity contribution in [3.63, 3.8) is 0 Å². The molecular weight excluding hydrogens is 475 g/mol. The normalized spacial score (nSPS) is 11.9. The maximum absolute atomic E-state index is 14.1. The molecule has 0 spiro atoms. The largest absolute Gasteiger partial charge is 0.497 e. The number of ketones is 1. The van der Waals surface area contributed by atoms with Crippen LogP contribution in [0.2, 0.25) is 5.02 Å². The second-order valence-corrected chi connectivity index (χ2v) is 9.04. The third kappa shape index (κ3) is 4.58. The number of nitrogens with one attached hydrogen (secondary N) is 2. The topological polar surface area (TPSA) is 63.3 Å². The molecule has 3 aromatic carbocycles. The van der Waals surface area contributed by atoms with Crippen molar-refractivity contribution in [3.8, 4) is 11.5 Å². The average Bonchev–Trinajstić information content (AvgIpc) is 3.29. The first kappa shape index (κ1) is 24.0. The fourth-order valence-electron chi connectivity index (χ4n) is 3.94. The van der Waals surface area contributed by atoms with E-state index in [1.165, 1.54) is 13.2 Å². The first-order valence-corrected chi connectivity index (χ1v) is 12.1. The molecule has 1 heterocycles. The minimum atomic E-state index is -0.807. The van der Waals surface area contributed by atoms with E-state index in [1.807, 2.05) is 24.5 Å². The number of aryl methyl sites for hydroxylation is 1. The third-order valence-corrected chi connectivity index (χ3v) is 6.69. The molecule has 0 fully saturated rings. The fraction of sp³-hybridized carbons (Fsp3) is 0.192. The lowest BCUT2D eigenvalue weighted by Gasteiger charge is -2.22. The monoisotopic (exact) mass is 498 g/mol. The van der Waals surface area contributed by atoms with Crippen LogP contribution < -0.4 is 14.8 Å². The van der Waals surface area contributed by atoms with Crippen molar-refractivity contribution in [1.29, 1.82) is 0 Å². The molecule has 0 aliphatic heterocycles. The van der Waals surface area contributed by atoms with Gasteiger partial charge < -0.3 is 19.8 Å². The molecule has 0 aliphatic rings. The summed E-state index contributed by atoms with van der Waals surface area (Å²) < 4.78 is 25.1. The number of aromatic nitrogens is 1. The van der Waals surface area contributed by atoms with Crippen molar-refractivity contribution in [2.45, 2.75) is 17.9 Å². The molecular formula is C26H24ClFN2O3S.